The molecular weight excluding hydrogens is 454 g/mol. The Morgan fingerprint density at radius 2 is 1.79 bits per heavy atom. The first-order chi connectivity index (χ1) is 14.0. The van der Waals surface area contributed by atoms with Gasteiger partial charge >= 0.3 is 0 Å². The van der Waals surface area contributed by atoms with E-state index in [-0.39, 0.29) is 5.91 Å². The summed E-state index contributed by atoms with van der Waals surface area (Å²) in [6.07, 6.45) is 0. The van der Waals surface area contributed by atoms with Crippen molar-refractivity contribution in [3.8, 4) is 11.5 Å². The van der Waals surface area contributed by atoms with Crippen LogP contribution in [0.25, 0.3) is 0 Å². The Morgan fingerprint density at radius 1 is 1.07 bits per heavy atom. The average Bonchev–Trinajstić information content (AvgIpc) is 2.70. The number of carbonyl (C=O) groups excluding carboxylic acids is 1. The topological polar surface area (TPSA) is 47.6 Å². The zero-order valence-electron chi connectivity index (χ0n) is 16.2. The van der Waals surface area contributed by atoms with Gasteiger partial charge < -0.3 is 14.8 Å². The molecule has 0 unspecified atom stereocenters. The zero-order chi connectivity index (χ0) is 20.8. The maximum atomic E-state index is 12.7. The van der Waals surface area contributed by atoms with Crippen LogP contribution < -0.4 is 14.8 Å². The lowest BCUT2D eigenvalue weighted by Gasteiger charge is -2.16. The monoisotopic (exact) mass is 473 g/mol. The third-order valence-corrected chi connectivity index (χ3v) is 5.12. The molecule has 3 aromatic carbocycles. The van der Waals surface area contributed by atoms with Crippen molar-refractivity contribution in [2.24, 2.45) is 0 Å². The summed E-state index contributed by atoms with van der Waals surface area (Å²) in [5, 5.41) is 3.29. The van der Waals surface area contributed by atoms with Crippen molar-refractivity contribution < 1.29 is 14.3 Å². The Kier molecular flexibility index (Phi) is 7.18. The van der Waals surface area contributed by atoms with Gasteiger partial charge in [-0.15, -0.1) is 0 Å². The van der Waals surface area contributed by atoms with Crippen LogP contribution in [0.15, 0.2) is 65.1 Å². The number of hydrogen-bond donors (Lipinski definition) is 1. The summed E-state index contributed by atoms with van der Waals surface area (Å²) < 4.78 is 12.4. The van der Waals surface area contributed by atoms with Crippen LogP contribution in [0.4, 0.5) is 5.69 Å². The predicted molar refractivity (Wildman–Crippen MR) is 120 cm³/mol. The first-order valence-corrected chi connectivity index (χ1v) is 10.4. The van der Waals surface area contributed by atoms with Gasteiger partial charge in [-0.05, 0) is 59.6 Å². The van der Waals surface area contributed by atoms with Crippen LogP contribution in [0, 0.1) is 6.92 Å². The van der Waals surface area contributed by atoms with Crippen molar-refractivity contribution in [3.63, 3.8) is 0 Å². The maximum absolute atomic E-state index is 12.7. The Balaban J connectivity index is 1.82. The van der Waals surface area contributed by atoms with Gasteiger partial charge in [0.1, 0.15) is 6.61 Å². The van der Waals surface area contributed by atoms with E-state index in [1.165, 1.54) is 5.56 Å². The fourth-order valence-corrected chi connectivity index (χ4v) is 3.44. The van der Waals surface area contributed by atoms with Gasteiger partial charge in [-0.3, -0.25) is 4.79 Å². The first kappa shape index (κ1) is 21.2. The summed E-state index contributed by atoms with van der Waals surface area (Å²) in [6, 6.07) is 18.6. The van der Waals surface area contributed by atoms with E-state index in [0.29, 0.717) is 45.5 Å². The molecule has 3 aromatic rings. The van der Waals surface area contributed by atoms with E-state index >= 15 is 0 Å². The van der Waals surface area contributed by atoms with Crippen LogP contribution in [0.5, 0.6) is 11.5 Å². The minimum absolute atomic E-state index is 0.287. The number of ether oxygens (including phenoxy) is 2. The van der Waals surface area contributed by atoms with Gasteiger partial charge in [0.05, 0.1) is 21.8 Å². The van der Waals surface area contributed by atoms with Crippen LogP contribution in [-0.2, 0) is 6.61 Å². The van der Waals surface area contributed by atoms with Gasteiger partial charge in [0, 0.05) is 5.56 Å². The Hall–Kier alpha value is -2.50. The summed E-state index contributed by atoms with van der Waals surface area (Å²) in [5.74, 6) is 0.768. The number of carbonyl (C=O) groups is 1. The van der Waals surface area contributed by atoms with Gasteiger partial charge in [0.2, 0.25) is 0 Å². The Bertz CT molecular complexity index is 1010. The van der Waals surface area contributed by atoms with Crippen LogP contribution in [0.2, 0.25) is 5.02 Å². The smallest absolute Gasteiger partial charge is 0.255 e. The molecule has 0 fully saturated rings. The van der Waals surface area contributed by atoms with Crippen molar-refractivity contribution in [2.75, 3.05) is 11.9 Å². The third-order valence-electron chi connectivity index (χ3n) is 4.20. The number of anilines is 1. The predicted octanol–water partition coefficient (Wildman–Crippen LogP) is 6.64. The number of rotatable bonds is 7. The number of nitrogens with one attached hydrogen (secondary N) is 1. The molecule has 1 amide bonds. The molecule has 0 aliphatic heterocycles. The standard InChI is InChI=1S/C23H21BrClNO3/c1-3-28-21-13-17(23(27)26-20-7-5-4-6-19(20)25)12-18(24)22(21)29-14-16-10-8-15(2)9-11-16/h4-13H,3,14H2,1-2H3,(H,26,27). The van der Waals surface area contributed by atoms with Gasteiger partial charge in [-0.1, -0.05) is 53.6 Å². The maximum Gasteiger partial charge on any atom is 0.255 e. The molecule has 29 heavy (non-hydrogen) atoms. The molecule has 0 spiro atoms. The largest absolute Gasteiger partial charge is 0.490 e. The van der Waals surface area contributed by atoms with Crippen LogP contribution >= 0.6 is 27.5 Å². The summed E-state index contributed by atoms with van der Waals surface area (Å²) >= 11 is 9.64. The molecule has 0 aromatic heterocycles. The van der Waals surface area contributed by atoms with Crippen LogP contribution in [0.3, 0.4) is 0 Å². The highest BCUT2D eigenvalue weighted by molar-refractivity contribution is 9.10. The quantitative estimate of drug-likeness (QED) is 0.417. The molecule has 4 nitrogen and oxygen atoms in total. The molecule has 0 heterocycles. The van der Waals surface area contributed by atoms with Crippen LogP contribution in [-0.4, -0.2) is 12.5 Å². The van der Waals surface area contributed by atoms with Crippen molar-refractivity contribution in [1.82, 2.24) is 0 Å². The average molecular weight is 475 g/mol. The van der Waals surface area contributed by atoms with E-state index in [0.717, 1.165) is 5.56 Å². The van der Waals surface area contributed by atoms with E-state index in [1.54, 1.807) is 24.3 Å². The van der Waals surface area contributed by atoms with E-state index in [2.05, 4.69) is 21.2 Å². The van der Waals surface area contributed by atoms with Gasteiger partial charge in [0.25, 0.3) is 5.91 Å². The van der Waals surface area contributed by atoms with Crippen molar-refractivity contribution in [1.29, 1.82) is 0 Å². The van der Waals surface area contributed by atoms with Crippen LogP contribution in [0.1, 0.15) is 28.4 Å². The van der Waals surface area contributed by atoms with Crippen molar-refractivity contribution >= 4 is 39.1 Å². The van der Waals surface area contributed by atoms with Gasteiger partial charge in [0.15, 0.2) is 11.5 Å². The molecule has 0 bridgehead atoms. The molecule has 0 radical (unpaired) electrons. The second-order valence-electron chi connectivity index (χ2n) is 6.43. The molecule has 0 atom stereocenters. The zero-order valence-corrected chi connectivity index (χ0v) is 18.5. The highest BCUT2D eigenvalue weighted by Crippen LogP contribution is 2.38. The molecule has 0 aliphatic carbocycles. The molecule has 3 rings (SSSR count). The molecule has 1 N–H and O–H groups in total. The summed E-state index contributed by atoms with van der Waals surface area (Å²) in [5.41, 5.74) is 3.22. The normalized spacial score (nSPS) is 10.5. The first-order valence-electron chi connectivity index (χ1n) is 9.18. The summed E-state index contributed by atoms with van der Waals surface area (Å²) in [7, 11) is 0. The van der Waals surface area contributed by atoms with Gasteiger partial charge in [-0.25, -0.2) is 0 Å². The number of aryl methyl sites for hydroxylation is 1. The molecule has 0 saturated heterocycles. The number of hydrogen-bond acceptors (Lipinski definition) is 3. The highest BCUT2D eigenvalue weighted by Gasteiger charge is 2.17. The van der Waals surface area contributed by atoms with Gasteiger partial charge in [-0.2, -0.15) is 0 Å². The van der Waals surface area contributed by atoms with Crippen molar-refractivity contribution in [3.05, 3.63) is 86.8 Å². The van der Waals surface area contributed by atoms with Crippen molar-refractivity contribution in [2.45, 2.75) is 20.5 Å². The lowest BCUT2D eigenvalue weighted by atomic mass is 10.1. The number of amides is 1. The molecule has 0 aliphatic rings. The minimum Gasteiger partial charge on any atom is -0.490 e. The third kappa shape index (κ3) is 5.52. The van der Waals surface area contributed by atoms with E-state index in [9.17, 15) is 4.79 Å². The summed E-state index contributed by atoms with van der Waals surface area (Å²) in [4.78, 5) is 12.7. The van der Waals surface area contributed by atoms with E-state index < -0.39 is 0 Å². The lowest BCUT2D eigenvalue weighted by molar-refractivity contribution is 0.102. The summed E-state index contributed by atoms with van der Waals surface area (Å²) in [6.45, 7) is 4.77. The minimum atomic E-state index is -0.287. The fourth-order valence-electron chi connectivity index (χ4n) is 2.70. The second-order valence-corrected chi connectivity index (χ2v) is 7.69. The fraction of sp³-hybridized carbons (Fsp3) is 0.174. The number of benzene rings is 3. The van der Waals surface area contributed by atoms with E-state index in [4.69, 9.17) is 21.1 Å². The highest BCUT2D eigenvalue weighted by atomic mass is 79.9. The lowest BCUT2D eigenvalue weighted by Crippen LogP contribution is -2.13. The SMILES string of the molecule is CCOc1cc(C(=O)Nc2ccccc2Cl)cc(Br)c1OCc1ccc(C)cc1. The molecule has 0 saturated carbocycles. The number of para-hydroxylation sites is 1. The molecule has 150 valence electrons. The van der Waals surface area contributed by atoms with E-state index in [1.807, 2.05) is 50.2 Å². The molecular formula is C23H21BrClNO3. The second kappa shape index (κ2) is 9.81. The molecule has 6 heteroatoms. The Morgan fingerprint density at radius 3 is 2.48 bits per heavy atom. The Labute approximate surface area is 183 Å². The number of halogens is 2.